The van der Waals surface area contributed by atoms with Crippen LogP contribution in [0, 0.1) is 0 Å². The Morgan fingerprint density at radius 3 is 2.80 bits per heavy atom. The minimum absolute atomic E-state index is 0.526. The highest BCUT2D eigenvalue weighted by atomic mass is 35.5. The van der Waals surface area contributed by atoms with Gasteiger partial charge in [0.15, 0.2) is 0 Å². The van der Waals surface area contributed by atoms with Gasteiger partial charge in [0.1, 0.15) is 0 Å². The van der Waals surface area contributed by atoms with Crippen molar-refractivity contribution in [1.29, 1.82) is 0 Å². The lowest BCUT2D eigenvalue weighted by Crippen LogP contribution is -2.27. The Hall–Kier alpha value is -1.42. The number of halogens is 1. The lowest BCUT2D eigenvalue weighted by atomic mass is 10.1. The molecule has 0 amide bonds. The minimum atomic E-state index is -0.526. The molecule has 106 valence electrons. The summed E-state index contributed by atoms with van der Waals surface area (Å²) < 4.78 is 0. The van der Waals surface area contributed by atoms with E-state index in [0.29, 0.717) is 11.6 Å². The molecular weight excluding hydrogens is 272 g/mol. The van der Waals surface area contributed by atoms with Gasteiger partial charge >= 0.3 is 0 Å². The summed E-state index contributed by atoms with van der Waals surface area (Å²) in [5.74, 6) is 0. The molecule has 0 fully saturated rings. The molecule has 1 heterocycles. The van der Waals surface area contributed by atoms with Crippen LogP contribution in [-0.4, -0.2) is 35.1 Å². The molecule has 1 atom stereocenters. The Morgan fingerprint density at radius 1 is 1.25 bits per heavy atom. The zero-order valence-corrected chi connectivity index (χ0v) is 12.3. The quantitative estimate of drug-likeness (QED) is 0.889. The van der Waals surface area contributed by atoms with Crippen molar-refractivity contribution in [3.05, 3.63) is 64.9 Å². The normalized spacial score (nSPS) is 12.6. The van der Waals surface area contributed by atoms with Crippen molar-refractivity contribution in [3.63, 3.8) is 0 Å². The second-order valence-corrected chi connectivity index (χ2v) is 5.34. The van der Waals surface area contributed by atoms with E-state index in [4.69, 9.17) is 11.6 Å². The van der Waals surface area contributed by atoms with Gasteiger partial charge in [0.2, 0.25) is 0 Å². The highest BCUT2D eigenvalue weighted by Gasteiger charge is 2.11. The third-order valence-corrected chi connectivity index (χ3v) is 3.43. The molecular formula is C16H19ClN2O. The number of hydrogen-bond donors (Lipinski definition) is 1. The highest BCUT2D eigenvalue weighted by molar-refractivity contribution is 6.30. The summed E-state index contributed by atoms with van der Waals surface area (Å²) in [5.41, 5.74) is 1.92. The van der Waals surface area contributed by atoms with Gasteiger partial charge in [-0.1, -0.05) is 29.8 Å². The summed E-state index contributed by atoms with van der Waals surface area (Å²) in [7, 11) is 2.00. The van der Waals surface area contributed by atoms with Gasteiger partial charge in [-0.25, -0.2) is 0 Å². The van der Waals surface area contributed by atoms with Gasteiger partial charge < -0.3 is 10.0 Å². The fourth-order valence-electron chi connectivity index (χ4n) is 2.06. The van der Waals surface area contributed by atoms with E-state index in [1.165, 1.54) is 0 Å². The first-order valence-corrected chi connectivity index (χ1v) is 7.05. The van der Waals surface area contributed by atoms with E-state index in [2.05, 4.69) is 9.88 Å². The molecule has 0 spiro atoms. The molecule has 0 aliphatic rings. The predicted octanol–water partition coefficient (Wildman–Crippen LogP) is 2.94. The Kier molecular flexibility index (Phi) is 5.53. The topological polar surface area (TPSA) is 36.4 Å². The van der Waals surface area contributed by atoms with Crippen LogP contribution in [0.4, 0.5) is 0 Å². The van der Waals surface area contributed by atoms with Crippen LogP contribution in [-0.2, 0) is 6.42 Å². The molecule has 0 radical (unpaired) electrons. The Bertz CT molecular complexity index is 533. The van der Waals surface area contributed by atoms with Crippen LogP contribution in [0.25, 0.3) is 0 Å². The van der Waals surface area contributed by atoms with Gasteiger partial charge in [-0.3, -0.25) is 4.98 Å². The Morgan fingerprint density at radius 2 is 2.10 bits per heavy atom. The summed E-state index contributed by atoms with van der Waals surface area (Å²) in [6.07, 6.45) is 2.15. The molecule has 0 bridgehead atoms. The van der Waals surface area contributed by atoms with Gasteiger partial charge in [-0.15, -0.1) is 0 Å². The summed E-state index contributed by atoms with van der Waals surface area (Å²) in [5, 5.41) is 10.8. The van der Waals surface area contributed by atoms with E-state index in [0.717, 1.165) is 24.2 Å². The lowest BCUT2D eigenvalue weighted by molar-refractivity contribution is 0.127. The van der Waals surface area contributed by atoms with Crippen molar-refractivity contribution in [3.8, 4) is 0 Å². The Balaban J connectivity index is 1.83. The highest BCUT2D eigenvalue weighted by Crippen LogP contribution is 2.18. The van der Waals surface area contributed by atoms with Gasteiger partial charge in [0, 0.05) is 36.4 Å². The second-order valence-electron chi connectivity index (χ2n) is 4.90. The molecule has 0 aliphatic heterocycles. The predicted molar refractivity (Wildman–Crippen MR) is 81.8 cm³/mol. The van der Waals surface area contributed by atoms with Crippen LogP contribution < -0.4 is 0 Å². The van der Waals surface area contributed by atoms with Crippen LogP contribution in [0.2, 0.25) is 5.02 Å². The van der Waals surface area contributed by atoms with Crippen molar-refractivity contribution in [1.82, 2.24) is 9.88 Å². The van der Waals surface area contributed by atoms with E-state index in [1.807, 2.05) is 43.4 Å². The molecule has 1 N–H and O–H groups in total. The number of benzene rings is 1. The maximum atomic E-state index is 10.2. The zero-order chi connectivity index (χ0) is 14.4. The number of aliphatic hydroxyl groups is 1. The molecule has 1 aromatic carbocycles. The van der Waals surface area contributed by atoms with E-state index < -0.39 is 6.10 Å². The second kappa shape index (κ2) is 7.39. The third kappa shape index (κ3) is 4.60. The number of aromatic nitrogens is 1. The van der Waals surface area contributed by atoms with Crippen LogP contribution in [0.5, 0.6) is 0 Å². The number of hydrogen-bond acceptors (Lipinski definition) is 3. The maximum absolute atomic E-state index is 10.2. The van der Waals surface area contributed by atoms with E-state index in [9.17, 15) is 5.11 Å². The number of aliphatic hydroxyl groups excluding tert-OH is 1. The fourth-order valence-corrected chi connectivity index (χ4v) is 2.26. The molecule has 3 nitrogen and oxygen atoms in total. The number of likely N-dealkylation sites (N-methyl/N-ethyl adjacent to an activating group) is 1. The monoisotopic (exact) mass is 290 g/mol. The van der Waals surface area contributed by atoms with Crippen molar-refractivity contribution < 1.29 is 5.11 Å². The molecule has 0 saturated heterocycles. The van der Waals surface area contributed by atoms with Gasteiger partial charge in [0.25, 0.3) is 0 Å². The largest absolute Gasteiger partial charge is 0.387 e. The molecule has 2 aromatic rings. The lowest BCUT2D eigenvalue weighted by Gasteiger charge is -2.20. The average Bonchev–Trinajstić information content (AvgIpc) is 2.46. The van der Waals surface area contributed by atoms with E-state index >= 15 is 0 Å². The summed E-state index contributed by atoms with van der Waals surface area (Å²) in [6, 6.07) is 13.3. The molecule has 0 aliphatic carbocycles. The van der Waals surface area contributed by atoms with Crippen LogP contribution in [0.1, 0.15) is 17.4 Å². The van der Waals surface area contributed by atoms with Crippen LogP contribution in [0.3, 0.4) is 0 Å². The molecule has 2 rings (SSSR count). The van der Waals surface area contributed by atoms with Gasteiger partial charge in [-0.05, 0) is 36.9 Å². The summed E-state index contributed by atoms with van der Waals surface area (Å²) in [4.78, 5) is 6.39. The molecule has 20 heavy (non-hydrogen) atoms. The number of pyridine rings is 1. The van der Waals surface area contributed by atoms with E-state index in [-0.39, 0.29) is 0 Å². The first-order chi connectivity index (χ1) is 9.65. The smallest absolute Gasteiger partial charge is 0.0917 e. The SMILES string of the molecule is CN(CCc1ccccn1)CC(O)c1cccc(Cl)c1. The van der Waals surface area contributed by atoms with Crippen molar-refractivity contribution >= 4 is 11.6 Å². The number of nitrogens with zero attached hydrogens (tertiary/aromatic N) is 2. The van der Waals surface area contributed by atoms with Crippen LogP contribution in [0.15, 0.2) is 48.7 Å². The first-order valence-electron chi connectivity index (χ1n) is 6.67. The molecule has 1 aromatic heterocycles. The maximum Gasteiger partial charge on any atom is 0.0917 e. The molecule has 0 saturated carbocycles. The van der Waals surface area contributed by atoms with E-state index in [1.54, 1.807) is 12.3 Å². The first kappa shape index (κ1) is 15.0. The van der Waals surface area contributed by atoms with Crippen molar-refractivity contribution in [2.24, 2.45) is 0 Å². The van der Waals surface area contributed by atoms with Gasteiger partial charge in [0.05, 0.1) is 6.10 Å². The third-order valence-electron chi connectivity index (χ3n) is 3.19. The number of rotatable bonds is 6. The van der Waals surface area contributed by atoms with Crippen molar-refractivity contribution in [2.75, 3.05) is 20.1 Å². The minimum Gasteiger partial charge on any atom is -0.387 e. The van der Waals surface area contributed by atoms with Crippen LogP contribution >= 0.6 is 11.6 Å². The molecule has 1 unspecified atom stereocenters. The van der Waals surface area contributed by atoms with Gasteiger partial charge in [-0.2, -0.15) is 0 Å². The fraction of sp³-hybridized carbons (Fsp3) is 0.312. The zero-order valence-electron chi connectivity index (χ0n) is 11.5. The standard InChI is InChI=1S/C16H19ClN2O/c1-19(10-8-15-7-2-3-9-18-15)12-16(20)13-5-4-6-14(17)11-13/h2-7,9,11,16,20H,8,10,12H2,1H3. The molecule has 4 heteroatoms. The summed E-state index contributed by atoms with van der Waals surface area (Å²) >= 11 is 5.93. The van der Waals surface area contributed by atoms with Crippen molar-refractivity contribution in [2.45, 2.75) is 12.5 Å². The Labute approximate surface area is 124 Å². The summed E-state index contributed by atoms with van der Waals surface area (Å²) in [6.45, 7) is 1.43. The average molecular weight is 291 g/mol.